The first-order valence-corrected chi connectivity index (χ1v) is 12.9. The SMILES string of the molecule is CC(C)(C)c1cc2nc(c1)C(=O)NCCCNC(=O)c1cc(C(C)(C)C)cc(n1)C(=O)NCCCNC2=O. The molecule has 0 fully saturated rings. The van der Waals surface area contributed by atoms with Crippen molar-refractivity contribution in [2.45, 2.75) is 65.2 Å². The van der Waals surface area contributed by atoms with E-state index < -0.39 is 23.6 Å². The van der Waals surface area contributed by atoms with Crippen LogP contribution in [0.1, 0.15) is 107 Å². The van der Waals surface area contributed by atoms with Gasteiger partial charge in [-0.1, -0.05) is 41.5 Å². The van der Waals surface area contributed by atoms with Gasteiger partial charge in [0, 0.05) is 26.2 Å². The van der Waals surface area contributed by atoms with Crippen LogP contribution in [-0.2, 0) is 10.8 Å². The second kappa shape index (κ2) is 11.7. The van der Waals surface area contributed by atoms with Crippen molar-refractivity contribution in [2.24, 2.45) is 0 Å². The molecule has 0 spiro atoms. The minimum atomic E-state index is -0.391. The Labute approximate surface area is 223 Å². The number of nitrogens with one attached hydrogen (secondary N) is 4. The summed E-state index contributed by atoms with van der Waals surface area (Å²) in [5.74, 6) is -1.56. The largest absolute Gasteiger partial charge is 0.351 e. The van der Waals surface area contributed by atoms with Crippen molar-refractivity contribution in [1.29, 1.82) is 0 Å². The predicted molar refractivity (Wildman–Crippen MR) is 144 cm³/mol. The third-order valence-corrected chi connectivity index (χ3v) is 6.16. The molecular weight excluding hydrogens is 484 g/mol. The summed E-state index contributed by atoms with van der Waals surface area (Å²) in [6.07, 6.45) is 0.937. The van der Waals surface area contributed by atoms with Crippen LogP contribution in [0.5, 0.6) is 0 Å². The van der Waals surface area contributed by atoms with E-state index in [-0.39, 0.29) is 33.6 Å². The number of pyridine rings is 2. The fraction of sp³-hybridized carbons (Fsp3) is 0.500. The van der Waals surface area contributed by atoms with Gasteiger partial charge in [0.25, 0.3) is 23.6 Å². The van der Waals surface area contributed by atoms with Crippen LogP contribution in [0.4, 0.5) is 0 Å². The monoisotopic (exact) mass is 522 g/mol. The van der Waals surface area contributed by atoms with Gasteiger partial charge >= 0.3 is 0 Å². The molecule has 0 saturated carbocycles. The Bertz CT molecular complexity index is 1060. The number of rotatable bonds is 0. The molecule has 0 atom stereocenters. The van der Waals surface area contributed by atoms with Gasteiger partial charge in [-0.3, -0.25) is 19.2 Å². The first-order chi connectivity index (χ1) is 17.8. The van der Waals surface area contributed by atoms with Crippen molar-refractivity contribution in [3.8, 4) is 0 Å². The maximum absolute atomic E-state index is 12.8. The van der Waals surface area contributed by atoms with Crippen LogP contribution in [0.2, 0.25) is 0 Å². The van der Waals surface area contributed by atoms with Crippen molar-refractivity contribution in [2.75, 3.05) is 26.2 Å². The van der Waals surface area contributed by atoms with Gasteiger partial charge in [0.1, 0.15) is 22.8 Å². The molecule has 0 saturated heterocycles. The standard InChI is InChI=1S/C28H38N6O4/c1-27(2,3)17-13-19-23(35)29-9-7-11-31-25(37)21-15-18(28(4,5)6)16-22(34-21)26(38)32-12-8-10-30-24(36)20(14-17)33-19/h13-16H,7-12H2,1-6H3,(H,29,35)(H,30,36)(H,31,37)(H,32,38). The predicted octanol–water partition coefficient (Wildman–Crippen LogP) is 2.48. The first-order valence-electron chi connectivity index (χ1n) is 12.9. The van der Waals surface area contributed by atoms with Crippen LogP contribution in [0, 0.1) is 0 Å². The van der Waals surface area contributed by atoms with Gasteiger partial charge in [-0.2, -0.15) is 0 Å². The lowest BCUT2D eigenvalue weighted by Gasteiger charge is -2.21. The number of nitrogens with zero attached hydrogens (tertiary/aromatic N) is 2. The molecule has 10 nitrogen and oxygen atoms in total. The highest BCUT2D eigenvalue weighted by Crippen LogP contribution is 2.24. The van der Waals surface area contributed by atoms with Gasteiger partial charge in [-0.25, -0.2) is 9.97 Å². The Morgan fingerprint density at radius 1 is 0.500 bits per heavy atom. The highest BCUT2D eigenvalue weighted by molar-refractivity contribution is 5.97. The molecule has 0 aromatic carbocycles. The van der Waals surface area contributed by atoms with Gasteiger partial charge < -0.3 is 21.3 Å². The number of hydrogen-bond donors (Lipinski definition) is 4. The second-order valence-corrected chi connectivity index (χ2v) is 11.5. The fourth-order valence-corrected chi connectivity index (χ4v) is 3.74. The smallest absolute Gasteiger partial charge is 0.269 e. The third-order valence-electron chi connectivity index (χ3n) is 6.16. The average molecular weight is 523 g/mol. The van der Waals surface area contributed by atoms with Gasteiger partial charge in [0.05, 0.1) is 0 Å². The van der Waals surface area contributed by atoms with Crippen LogP contribution in [-0.4, -0.2) is 59.8 Å². The van der Waals surface area contributed by atoms with E-state index in [1.807, 2.05) is 41.5 Å². The van der Waals surface area contributed by atoms with Crippen LogP contribution in [0.3, 0.4) is 0 Å². The first kappa shape index (κ1) is 28.7. The molecule has 0 aliphatic carbocycles. The van der Waals surface area contributed by atoms with Crippen LogP contribution in [0.25, 0.3) is 0 Å². The molecule has 2 aromatic rings. The van der Waals surface area contributed by atoms with Crippen molar-refractivity contribution in [3.63, 3.8) is 0 Å². The lowest BCUT2D eigenvalue weighted by molar-refractivity contribution is 0.0937. The normalized spacial score (nSPS) is 16.6. The molecular formula is C28H38N6O4. The summed E-state index contributed by atoms with van der Waals surface area (Å²) in [6.45, 7) is 13.2. The van der Waals surface area contributed by atoms with E-state index in [1.165, 1.54) is 0 Å². The van der Waals surface area contributed by atoms with Gasteiger partial charge in [0.2, 0.25) is 0 Å². The third kappa shape index (κ3) is 7.60. The second-order valence-electron chi connectivity index (χ2n) is 11.5. The molecule has 204 valence electrons. The average Bonchev–Trinajstić information content (AvgIpc) is 2.85. The van der Waals surface area contributed by atoms with Crippen molar-refractivity contribution >= 4 is 23.6 Å². The van der Waals surface area contributed by atoms with E-state index in [0.717, 1.165) is 11.1 Å². The van der Waals surface area contributed by atoms with Crippen molar-refractivity contribution in [3.05, 3.63) is 58.2 Å². The lowest BCUT2D eigenvalue weighted by atomic mass is 9.86. The Kier molecular flexibility index (Phi) is 8.85. The lowest BCUT2D eigenvalue weighted by Crippen LogP contribution is -2.34. The molecule has 2 aromatic heterocycles. The van der Waals surface area contributed by atoms with Crippen LogP contribution in [0.15, 0.2) is 24.3 Å². The maximum atomic E-state index is 12.8. The highest BCUT2D eigenvalue weighted by Gasteiger charge is 2.23. The number of carbonyl (C=O) groups is 4. The van der Waals surface area contributed by atoms with Crippen LogP contribution < -0.4 is 21.3 Å². The summed E-state index contributed by atoms with van der Waals surface area (Å²) in [5.41, 5.74) is 1.65. The summed E-state index contributed by atoms with van der Waals surface area (Å²) < 4.78 is 0. The van der Waals surface area contributed by atoms with E-state index in [2.05, 4.69) is 31.2 Å². The summed E-state index contributed by atoms with van der Waals surface area (Å²) in [4.78, 5) is 60.0. The molecule has 4 bridgehead atoms. The van der Waals surface area contributed by atoms with E-state index in [0.29, 0.717) is 39.0 Å². The summed E-state index contributed by atoms with van der Waals surface area (Å²) in [7, 11) is 0. The summed E-state index contributed by atoms with van der Waals surface area (Å²) >= 11 is 0. The molecule has 38 heavy (non-hydrogen) atoms. The summed E-state index contributed by atoms with van der Waals surface area (Å²) in [5, 5.41) is 11.2. The topological polar surface area (TPSA) is 142 Å². The fourth-order valence-electron chi connectivity index (χ4n) is 3.74. The van der Waals surface area contributed by atoms with Crippen molar-refractivity contribution in [1.82, 2.24) is 31.2 Å². The number of amides is 4. The minimum Gasteiger partial charge on any atom is -0.351 e. The molecule has 1 aliphatic heterocycles. The number of aromatic nitrogens is 2. The molecule has 0 radical (unpaired) electrons. The van der Waals surface area contributed by atoms with E-state index in [4.69, 9.17) is 0 Å². The quantitative estimate of drug-likeness (QED) is 0.419. The zero-order valence-electron chi connectivity index (χ0n) is 23.1. The van der Waals surface area contributed by atoms with E-state index in [9.17, 15) is 19.2 Å². The molecule has 4 N–H and O–H groups in total. The van der Waals surface area contributed by atoms with Gasteiger partial charge in [-0.15, -0.1) is 0 Å². The zero-order valence-corrected chi connectivity index (χ0v) is 23.1. The van der Waals surface area contributed by atoms with E-state index in [1.54, 1.807) is 24.3 Å². The Balaban J connectivity index is 1.85. The maximum Gasteiger partial charge on any atom is 0.269 e. The Morgan fingerprint density at radius 3 is 0.947 bits per heavy atom. The molecule has 3 rings (SSSR count). The summed E-state index contributed by atoms with van der Waals surface area (Å²) in [6, 6.07) is 6.78. The van der Waals surface area contributed by atoms with Crippen molar-refractivity contribution < 1.29 is 19.2 Å². The van der Waals surface area contributed by atoms with Crippen LogP contribution >= 0.6 is 0 Å². The Morgan fingerprint density at radius 2 is 0.737 bits per heavy atom. The zero-order chi connectivity index (χ0) is 28.1. The molecule has 1 aliphatic rings. The number of carbonyl (C=O) groups excluding carboxylic acids is 4. The van der Waals surface area contributed by atoms with Gasteiger partial charge in [0.15, 0.2) is 0 Å². The highest BCUT2D eigenvalue weighted by atomic mass is 16.2. The number of fused-ring (bicyclic) bond motifs is 4. The molecule has 4 amide bonds. The van der Waals surface area contributed by atoms with E-state index >= 15 is 0 Å². The van der Waals surface area contributed by atoms with Gasteiger partial charge in [-0.05, 0) is 59.1 Å². The molecule has 0 unspecified atom stereocenters. The Hall–Kier alpha value is -3.82. The molecule has 10 heteroatoms. The minimum absolute atomic E-state index is 0.156. The molecule has 3 heterocycles. The number of hydrogen-bond acceptors (Lipinski definition) is 6.